The number of hydrogen-bond donors (Lipinski definition) is 0. The zero-order valence-corrected chi connectivity index (χ0v) is 15.9. The van der Waals surface area contributed by atoms with Gasteiger partial charge in [0.25, 0.3) is 0 Å². The van der Waals surface area contributed by atoms with Gasteiger partial charge in [-0.15, -0.1) is 0 Å². The summed E-state index contributed by atoms with van der Waals surface area (Å²) in [7, 11) is 0. The van der Waals surface area contributed by atoms with Crippen LogP contribution >= 0.6 is 15.9 Å². The highest BCUT2D eigenvalue weighted by Gasteiger charge is 2.37. The predicted octanol–water partition coefficient (Wildman–Crippen LogP) is 6.42. The van der Waals surface area contributed by atoms with Gasteiger partial charge in [-0.2, -0.15) is 0 Å². The topological polar surface area (TPSA) is 9.23 Å². The predicted molar refractivity (Wildman–Crippen MR) is 107 cm³/mol. The Hall–Kier alpha value is -2.32. The molecule has 1 aliphatic rings. The third-order valence-corrected chi connectivity index (χ3v) is 6.07. The number of ether oxygens (including phenoxy) is 1. The Morgan fingerprint density at radius 3 is 1.96 bits per heavy atom. The Bertz CT molecular complexity index is 903. The molecule has 0 atom stereocenters. The van der Waals surface area contributed by atoms with Crippen molar-refractivity contribution in [3.63, 3.8) is 0 Å². The van der Waals surface area contributed by atoms with Crippen LogP contribution in [-0.2, 0) is 5.60 Å². The van der Waals surface area contributed by atoms with E-state index in [1.54, 1.807) is 0 Å². The monoisotopic (exact) mass is 390 g/mol. The van der Waals surface area contributed by atoms with Crippen molar-refractivity contribution in [2.45, 2.75) is 19.4 Å². The maximum absolute atomic E-state index is 6.70. The van der Waals surface area contributed by atoms with Gasteiger partial charge in [0.1, 0.15) is 5.75 Å². The van der Waals surface area contributed by atoms with Crippen molar-refractivity contribution in [3.8, 4) is 5.75 Å². The van der Waals surface area contributed by atoms with Gasteiger partial charge in [-0.05, 0) is 37.1 Å². The van der Waals surface area contributed by atoms with E-state index < -0.39 is 5.60 Å². The third-order valence-electron chi connectivity index (χ3n) is 4.85. The molecule has 25 heavy (non-hydrogen) atoms. The maximum Gasteiger partial charge on any atom is 0.178 e. The minimum atomic E-state index is -0.609. The lowest BCUT2D eigenvalue weighted by atomic mass is 9.83. The summed E-state index contributed by atoms with van der Waals surface area (Å²) < 4.78 is 7.85. The van der Waals surface area contributed by atoms with E-state index in [-0.39, 0.29) is 0 Å². The van der Waals surface area contributed by atoms with Gasteiger partial charge in [-0.1, -0.05) is 82.7 Å². The van der Waals surface area contributed by atoms with Crippen molar-refractivity contribution in [1.29, 1.82) is 0 Å². The largest absolute Gasteiger partial charge is 0.473 e. The van der Waals surface area contributed by atoms with Gasteiger partial charge in [-0.25, -0.2) is 0 Å². The van der Waals surface area contributed by atoms with Gasteiger partial charge in [0, 0.05) is 21.2 Å². The number of rotatable bonds is 2. The van der Waals surface area contributed by atoms with Crippen LogP contribution in [0.25, 0.3) is 6.08 Å². The molecule has 2 heteroatoms. The summed E-state index contributed by atoms with van der Waals surface area (Å²) in [5.74, 6) is 0.924. The third kappa shape index (κ3) is 2.61. The maximum atomic E-state index is 6.70. The van der Waals surface area contributed by atoms with Crippen LogP contribution in [0.15, 0.2) is 77.3 Å². The van der Waals surface area contributed by atoms with E-state index in [9.17, 15) is 0 Å². The summed E-state index contributed by atoms with van der Waals surface area (Å²) in [5, 5.41) is 0. The number of aryl methyl sites for hydroxylation is 1. The van der Waals surface area contributed by atoms with E-state index in [1.807, 2.05) is 12.1 Å². The zero-order valence-electron chi connectivity index (χ0n) is 14.3. The molecule has 0 amide bonds. The van der Waals surface area contributed by atoms with E-state index in [1.165, 1.54) is 11.1 Å². The Labute approximate surface area is 157 Å². The van der Waals surface area contributed by atoms with Gasteiger partial charge in [-0.3, -0.25) is 0 Å². The molecule has 0 N–H and O–H groups in total. The minimum absolute atomic E-state index is 0.609. The SMILES string of the molecule is Cc1cc2c(c(C)c1Br)C=CC(c1ccccc1)(c1ccccc1)O2. The quantitative estimate of drug-likeness (QED) is 0.490. The highest BCUT2D eigenvalue weighted by atomic mass is 79.9. The van der Waals surface area contributed by atoms with E-state index in [2.05, 4.69) is 96.5 Å². The fourth-order valence-electron chi connectivity index (χ4n) is 3.48. The van der Waals surface area contributed by atoms with Crippen molar-refractivity contribution >= 4 is 22.0 Å². The lowest BCUT2D eigenvalue weighted by Gasteiger charge is -2.36. The van der Waals surface area contributed by atoms with E-state index in [0.29, 0.717) is 0 Å². The van der Waals surface area contributed by atoms with Crippen molar-refractivity contribution in [2.24, 2.45) is 0 Å². The van der Waals surface area contributed by atoms with Crippen LogP contribution in [0.4, 0.5) is 0 Å². The lowest BCUT2D eigenvalue weighted by Crippen LogP contribution is -2.34. The molecule has 4 rings (SSSR count). The second-order valence-electron chi connectivity index (χ2n) is 6.45. The van der Waals surface area contributed by atoms with Crippen LogP contribution < -0.4 is 4.74 Å². The first-order chi connectivity index (χ1) is 12.1. The lowest BCUT2D eigenvalue weighted by molar-refractivity contribution is 0.160. The average molecular weight is 391 g/mol. The molecule has 0 bridgehead atoms. The zero-order chi connectivity index (χ0) is 17.4. The van der Waals surface area contributed by atoms with Crippen LogP contribution in [0.5, 0.6) is 5.75 Å². The summed E-state index contributed by atoms with van der Waals surface area (Å²) in [6.45, 7) is 4.23. The molecule has 0 radical (unpaired) electrons. The summed E-state index contributed by atoms with van der Waals surface area (Å²) in [6.07, 6.45) is 4.37. The Morgan fingerprint density at radius 1 is 0.840 bits per heavy atom. The molecule has 0 saturated carbocycles. The molecule has 3 aromatic rings. The first-order valence-electron chi connectivity index (χ1n) is 8.41. The van der Waals surface area contributed by atoms with Gasteiger partial charge >= 0.3 is 0 Å². The second-order valence-corrected chi connectivity index (χ2v) is 7.24. The summed E-state index contributed by atoms with van der Waals surface area (Å²) in [6, 6.07) is 22.9. The summed E-state index contributed by atoms with van der Waals surface area (Å²) >= 11 is 3.69. The van der Waals surface area contributed by atoms with Crippen molar-refractivity contribution in [2.75, 3.05) is 0 Å². The van der Waals surface area contributed by atoms with Crippen LogP contribution in [0.2, 0.25) is 0 Å². The van der Waals surface area contributed by atoms with E-state index >= 15 is 0 Å². The molecule has 0 saturated heterocycles. The Morgan fingerprint density at radius 2 is 1.40 bits per heavy atom. The molecule has 3 aromatic carbocycles. The number of halogens is 1. The Balaban J connectivity index is 1.95. The van der Waals surface area contributed by atoms with Crippen LogP contribution in [0.1, 0.15) is 27.8 Å². The van der Waals surface area contributed by atoms with E-state index in [4.69, 9.17) is 4.74 Å². The van der Waals surface area contributed by atoms with Crippen molar-refractivity contribution < 1.29 is 4.74 Å². The fraction of sp³-hybridized carbons (Fsp3) is 0.130. The number of fused-ring (bicyclic) bond motifs is 1. The molecule has 0 fully saturated rings. The van der Waals surface area contributed by atoms with Crippen LogP contribution in [0.3, 0.4) is 0 Å². The average Bonchev–Trinajstić information content (AvgIpc) is 2.67. The van der Waals surface area contributed by atoms with Gasteiger partial charge in [0.15, 0.2) is 5.60 Å². The van der Waals surface area contributed by atoms with Gasteiger partial charge in [0.05, 0.1) is 0 Å². The number of benzene rings is 3. The standard InChI is InChI=1S/C23H19BrO/c1-16-15-21-20(17(2)22(16)24)13-14-23(25-21,18-9-5-3-6-10-18)19-11-7-4-8-12-19/h3-15H,1-2H3. The highest BCUT2D eigenvalue weighted by molar-refractivity contribution is 9.10. The number of hydrogen-bond acceptors (Lipinski definition) is 1. The first kappa shape index (κ1) is 16.2. The van der Waals surface area contributed by atoms with Crippen LogP contribution in [0, 0.1) is 13.8 Å². The van der Waals surface area contributed by atoms with Gasteiger partial charge < -0.3 is 4.74 Å². The molecule has 0 unspecified atom stereocenters. The van der Waals surface area contributed by atoms with Crippen molar-refractivity contribution in [1.82, 2.24) is 0 Å². The smallest absolute Gasteiger partial charge is 0.178 e. The molecular formula is C23H19BrO. The molecule has 0 spiro atoms. The Kier molecular flexibility index (Phi) is 4.01. The molecule has 1 heterocycles. The molecule has 0 aromatic heterocycles. The summed E-state index contributed by atoms with van der Waals surface area (Å²) in [5.41, 5.74) is 5.17. The van der Waals surface area contributed by atoms with Crippen molar-refractivity contribution in [3.05, 3.63) is 105 Å². The minimum Gasteiger partial charge on any atom is -0.473 e. The normalized spacial score (nSPS) is 14.7. The van der Waals surface area contributed by atoms with Crippen LogP contribution in [-0.4, -0.2) is 0 Å². The fourth-order valence-corrected chi connectivity index (χ4v) is 3.81. The highest BCUT2D eigenvalue weighted by Crippen LogP contribution is 2.44. The molecule has 0 aliphatic carbocycles. The summed E-state index contributed by atoms with van der Waals surface area (Å²) in [4.78, 5) is 0. The first-order valence-corrected chi connectivity index (χ1v) is 9.20. The molecule has 1 nitrogen and oxygen atoms in total. The molecule has 1 aliphatic heterocycles. The second kappa shape index (κ2) is 6.20. The van der Waals surface area contributed by atoms with Gasteiger partial charge in [0.2, 0.25) is 0 Å². The van der Waals surface area contributed by atoms with E-state index in [0.717, 1.165) is 26.9 Å². The molecular weight excluding hydrogens is 372 g/mol. The molecule has 124 valence electrons.